The van der Waals surface area contributed by atoms with Crippen LogP contribution in [-0.4, -0.2) is 0 Å². The van der Waals surface area contributed by atoms with Gasteiger partial charge in [-0.2, -0.15) is 0 Å². The van der Waals surface area contributed by atoms with Crippen molar-refractivity contribution in [1.82, 2.24) is 0 Å². The molecule has 0 aliphatic rings. The van der Waals surface area contributed by atoms with Crippen LogP contribution in [-0.2, 0) is 6.42 Å². The van der Waals surface area contributed by atoms with Crippen LogP contribution in [0.4, 0.5) is 0 Å². The van der Waals surface area contributed by atoms with Crippen LogP contribution in [0.2, 0.25) is 5.02 Å². The summed E-state index contributed by atoms with van der Waals surface area (Å²) in [6.45, 7) is 2.14. The number of benzene rings is 1. The van der Waals surface area contributed by atoms with E-state index in [-0.39, 0.29) is 6.04 Å². The van der Waals surface area contributed by atoms with Gasteiger partial charge in [0.25, 0.3) is 0 Å². The quantitative estimate of drug-likeness (QED) is 0.756. The maximum absolute atomic E-state index is 6.27. The molecule has 0 saturated heterocycles. The Kier molecular flexibility index (Phi) is 3.35. The van der Waals surface area contributed by atoms with Crippen LogP contribution in [0.1, 0.15) is 28.5 Å². The lowest BCUT2D eigenvalue weighted by Crippen LogP contribution is -2.08. The molecule has 2 nitrogen and oxygen atoms in total. The second kappa shape index (κ2) is 5.00. The highest BCUT2D eigenvalue weighted by Gasteiger charge is 2.16. The molecule has 0 aliphatic heterocycles. The molecule has 4 heteroatoms. The Hall–Kier alpha value is -1.29. The third-order valence-electron chi connectivity index (χ3n) is 3.14. The average Bonchev–Trinajstić information content (AvgIpc) is 3.03. The van der Waals surface area contributed by atoms with Gasteiger partial charge in [-0.15, -0.1) is 11.3 Å². The molecule has 2 heterocycles. The first-order valence-electron chi connectivity index (χ1n) is 6.20. The highest BCUT2D eigenvalue weighted by molar-refractivity contribution is 7.12. The van der Waals surface area contributed by atoms with Crippen LogP contribution in [0.25, 0.3) is 11.0 Å². The van der Waals surface area contributed by atoms with Gasteiger partial charge in [0.1, 0.15) is 11.3 Å². The van der Waals surface area contributed by atoms with Gasteiger partial charge in [-0.25, -0.2) is 0 Å². The zero-order valence-corrected chi connectivity index (χ0v) is 12.1. The third-order valence-corrected chi connectivity index (χ3v) is 4.69. The molecule has 98 valence electrons. The smallest absolute Gasteiger partial charge is 0.134 e. The van der Waals surface area contributed by atoms with Crippen LogP contribution in [0.15, 0.2) is 40.8 Å². The van der Waals surface area contributed by atoms with Crippen LogP contribution >= 0.6 is 22.9 Å². The molecule has 0 amide bonds. The molecule has 3 aromatic rings. The normalized spacial score (nSPS) is 13.0. The van der Waals surface area contributed by atoms with Crippen molar-refractivity contribution in [1.29, 1.82) is 0 Å². The number of fused-ring (bicyclic) bond motifs is 1. The molecular weight excluding hydrogens is 278 g/mol. The molecule has 0 fully saturated rings. The third kappa shape index (κ3) is 2.41. The average molecular weight is 292 g/mol. The maximum atomic E-state index is 6.27. The van der Waals surface area contributed by atoms with Gasteiger partial charge in [0.15, 0.2) is 0 Å². The summed E-state index contributed by atoms with van der Waals surface area (Å²) in [5.74, 6) is 0.779. The van der Waals surface area contributed by atoms with Gasteiger partial charge in [0, 0.05) is 20.2 Å². The highest BCUT2D eigenvalue weighted by atomic mass is 35.5. The van der Waals surface area contributed by atoms with Crippen molar-refractivity contribution in [3.05, 3.63) is 56.9 Å². The number of furan rings is 1. The predicted molar refractivity (Wildman–Crippen MR) is 81.0 cm³/mol. The minimum Gasteiger partial charge on any atom is -0.459 e. The summed E-state index contributed by atoms with van der Waals surface area (Å²) in [6.07, 6.45) is 1.03. The molecular formula is C15H14ClNOS. The van der Waals surface area contributed by atoms with Crippen molar-refractivity contribution in [3.63, 3.8) is 0 Å². The zero-order valence-electron chi connectivity index (χ0n) is 10.5. The molecule has 1 atom stereocenters. The standard InChI is InChI=1S/C15H14ClNOS/c1-2-11-4-6-14(19-11)15(17)13-8-9-7-10(16)3-5-12(9)18-13/h3-8,15H,2,17H2,1H3. The van der Waals surface area contributed by atoms with Gasteiger partial charge in [-0.1, -0.05) is 18.5 Å². The molecule has 1 aromatic carbocycles. The van der Waals surface area contributed by atoms with Crippen molar-refractivity contribution < 1.29 is 4.42 Å². The second-order valence-electron chi connectivity index (χ2n) is 4.47. The Morgan fingerprint density at radius 2 is 2.11 bits per heavy atom. The molecule has 1 unspecified atom stereocenters. The number of hydrogen-bond donors (Lipinski definition) is 1. The van der Waals surface area contributed by atoms with Crippen molar-refractivity contribution in [3.8, 4) is 0 Å². The van der Waals surface area contributed by atoms with E-state index in [0.717, 1.165) is 28.0 Å². The van der Waals surface area contributed by atoms with E-state index >= 15 is 0 Å². The lowest BCUT2D eigenvalue weighted by molar-refractivity contribution is 0.528. The molecule has 0 bridgehead atoms. The van der Waals surface area contributed by atoms with E-state index in [1.807, 2.05) is 24.3 Å². The fourth-order valence-corrected chi connectivity index (χ4v) is 3.22. The summed E-state index contributed by atoms with van der Waals surface area (Å²) in [7, 11) is 0. The first-order chi connectivity index (χ1) is 9.17. The molecule has 3 rings (SSSR count). The molecule has 0 radical (unpaired) electrons. The van der Waals surface area contributed by atoms with Gasteiger partial charge in [0.2, 0.25) is 0 Å². The van der Waals surface area contributed by atoms with Crippen molar-refractivity contribution in [2.24, 2.45) is 5.73 Å². The summed E-state index contributed by atoms with van der Waals surface area (Å²) in [6, 6.07) is 11.5. The molecule has 2 aromatic heterocycles. The van der Waals surface area contributed by atoms with E-state index in [1.54, 1.807) is 11.3 Å². The zero-order chi connectivity index (χ0) is 13.4. The van der Waals surface area contributed by atoms with Crippen LogP contribution in [0.3, 0.4) is 0 Å². The predicted octanol–water partition coefficient (Wildman–Crippen LogP) is 4.76. The Morgan fingerprint density at radius 3 is 2.84 bits per heavy atom. The fraction of sp³-hybridized carbons (Fsp3) is 0.200. The van der Waals surface area contributed by atoms with Crippen LogP contribution < -0.4 is 5.73 Å². The van der Waals surface area contributed by atoms with Gasteiger partial charge in [-0.05, 0) is 42.8 Å². The minimum absolute atomic E-state index is 0.212. The first kappa shape index (κ1) is 12.7. The summed E-state index contributed by atoms with van der Waals surface area (Å²) in [5.41, 5.74) is 7.09. The van der Waals surface area contributed by atoms with E-state index in [9.17, 15) is 0 Å². The second-order valence-corrected chi connectivity index (χ2v) is 6.10. The summed E-state index contributed by atoms with van der Waals surface area (Å²) < 4.78 is 5.81. The van der Waals surface area contributed by atoms with E-state index in [0.29, 0.717) is 5.02 Å². The van der Waals surface area contributed by atoms with Gasteiger partial charge < -0.3 is 10.2 Å². The topological polar surface area (TPSA) is 39.2 Å². The monoisotopic (exact) mass is 291 g/mol. The number of halogens is 1. The molecule has 0 saturated carbocycles. The van der Waals surface area contributed by atoms with Gasteiger partial charge in [0.05, 0.1) is 6.04 Å². The molecule has 0 aliphatic carbocycles. The van der Waals surface area contributed by atoms with Gasteiger partial charge in [-0.3, -0.25) is 0 Å². The van der Waals surface area contributed by atoms with Crippen molar-refractivity contribution in [2.75, 3.05) is 0 Å². The fourth-order valence-electron chi connectivity index (χ4n) is 2.08. The van der Waals surface area contributed by atoms with Crippen molar-refractivity contribution >= 4 is 33.9 Å². The van der Waals surface area contributed by atoms with E-state index in [4.69, 9.17) is 21.8 Å². The molecule has 2 N–H and O–H groups in total. The van der Waals surface area contributed by atoms with Crippen LogP contribution in [0, 0.1) is 0 Å². The lowest BCUT2D eigenvalue weighted by atomic mass is 10.2. The van der Waals surface area contributed by atoms with Crippen molar-refractivity contribution in [2.45, 2.75) is 19.4 Å². The first-order valence-corrected chi connectivity index (χ1v) is 7.40. The van der Waals surface area contributed by atoms with E-state index in [1.165, 1.54) is 4.88 Å². The maximum Gasteiger partial charge on any atom is 0.134 e. The van der Waals surface area contributed by atoms with Crippen LogP contribution in [0.5, 0.6) is 0 Å². The van der Waals surface area contributed by atoms with Gasteiger partial charge >= 0.3 is 0 Å². The molecule has 0 spiro atoms. The number of aryl methyl sites for hydroxylation is 1. The van der Waals surface area contributed by atoms with E-state index in [2.05, 4.69) is 19.1 Å². The Morgan fingerprint density at radius 1 is 1.26 bits per heavy atom. The summed E-state index contributed by atoms with van der Waals surface area (Å²) in [5, 5.41) is 1.70. The SMILES string of the molecule is CCc1ccc(C(N)c2cc3cc(Cl)ccc3o2)s1. The Bertz CT molecular complexity index is 716. The minimum atomic E-state index is -0.212. The number of thiophene rings is 1. The number of hydrogen-bond acceptors (Lipinski definition) is 3. The number of rotatable bonds is 3. The largest absolute Gasteiger partial charge is 0.459 e. The van der Waals surface area contributed by atoms with E-state index < -0.39 is 0 Å². The molecule has 19 heavy (non-hydrogen) atoms. The Labute approximate surface area is 120 Å². The Balaban J connectivity index is 1.98. The summed E-state index contributed by atoms with van der Waals surface area (Å²) >= 11 is 7.71. The summed E-state index contributed by atoms with van der Waals surface area (Å²) in [4.78, 5) is 2.46. The lowest BCUT2D eigenvalue weighted by Gasteiger charge is -2.04. The highest BCUT2D eigenvalue weighted by Crippen LogP contribution is 2.31. The number of nitrogens with two attached hydrogens (primary N) is 1.